The largest absolute Gasteiger partial charge is 1.00 e. The minimum atomic E-state index is -4.14. The minimum absolute atomic E-state index is 0. The van der Waals surface area contributed by atoms with Crippen molar-refractivity contribution in [1.29, 1.82) is 0 Å². The number of rotatable bonds is 7. The van der Waals surface area contributed by atoms with Crippen molar-refractivity contribution in [3.8, 4) is 0 Å². The van der Waals surface area contributed by atoms with Crippen LogP contribution in [0.4, 0.5) is 11.4 Å². The number of aryl methyl sites for hydroxylation is 2. The van der Waals surface area contributed by atoms with Crippen LogP contribution < -0.4 is 39.4 Å². The van der Waals surface area contributed by atoms with Gasteiger partial charge in [-0.3, -0.25) is 9.71 Å². The van der Waals surface area contributed by atoms with Gasteiger partial charge in [0.05, 0.1) is 28.5 Å². The topological polar surface area (TPSA) is 154 Å². The Kier molecular flexibility index (Phi) is 9.93. The molecule has 2 aromatic carbocycles. The van der Waals surface area contributed by atoms with Crippen molar-refractivity contribution < 1.29 is 60.8 Å². The number of aliphatic imine (C=N–C) groups is 1. The van der Waals surface area contributed by atoms with Gasteiger partial charge in [-0.1, -0.05) is 16.8 Å². The number of ether oxygens (including phenoxy) is 1. The predicted molar refractivity (Wildman–Crippen MR) is 140 cm³/mol. The van der Waals surface area contributed by atoms with E-state index in [4.69, 9.17) is 20.9 Å². The van der Waals surface area contributed by atoms with E-state index in [1.54, 1.807) is 0 Å². The maximum absolute atomic E-state index is 13.1. The smallest absolute Gasteiger partial charge is 0.858 e. The molecule has 1 saturated heterocycles. The molecule has 3 aromatic rings. The van der Waals surface area contributed by atoms with E-state index in [9.17, 15) is 21.9 Å². The van der Waals surface area contributed by atoms with E-state index in [-0.39, 0.29) is 98.1 Å². The number of sulfonamides is 2. The summed E-state index contributed by atoms with van der Waals surface area (Å²) in [6.45, 7) is 7.03. The van der Waals surface area contributed by atoms with Crippen LogP contribution in [0.25, 0.3) is 0 Å². The van der Waals surface area contributed by atoms with Gasteiger partial charge < -0.3 is 14.4 Å². The predicted octanol–water partition coefficient (Wildman–Crippen LogP) is -0.0139. The molecule has 11 nitrogen and oxygen atoms in total. The number of halogens is 1. The first kappa shape index (κ1) is 31.6. The number of aromatic nitrogens is 1. The fourth-order valence-electron chi connectivity index (χ4n) is 4.18. The van der Waals surface area contributed by atoms with Crippen molar-refractivity contribution in [2.24, 2.45) is 4.99 Å². The Morgan fingerprint density at radius 1 is 1.08 bits per heavy atom. The van der Waals surface area contributed by atoms with E-state index >= 15 is 0 Å². The van der Waals surface area contributed by atoms with Gasteiger partial charge in [-0.25, -0.2) is 16.8 Å². The summed E-state index contributed by atoms with van der Waals surface area (Å²) >= 11 is 6.07. The Hall–Kier alpha value is -1.97. The fourth-order valence-corrected chi connectivity index (χ4v) is 7.36. The number of hydrogen-bond donors (Lipinski definition) is 1. The molecule has 2 heterocycles. The van der Waals surface area contributed by atoms with E-state index in [2.05, 4.69) is 14.9 Å². The molecule has 2 unspecified atom stereocenters. The Morgan fingerprint density at radius 2 is 1.69 bits per heavy atom. The SMILES string of the molecule is Cc1noc(C)c1S(=O)(=O)Nc1ccc(Cl)cc1C([O-])=Nc1ccc(S(=O)(=O)N2CC(C)OC(C)C2)cc1.[Na+]. The first-order valence-electron chi connectivity index (χ1n) is 11.5. The number of nitrogens with one attached hydrogen (secondary N) is 1. The van der Waals surface area contributed by atoms with E-state index < -0.39 is 25.9 Å². The van der Waals surface area contributed by atoms with Crippen LogP contribution in [0.15, 0.2) is 61.8 Å². The molecule has 0 saturated carbocycles. The van der Waals surface area contributed by atoms with Gasteiger partial charge in [0.15, 0.2) is 10.7 Å². The zero-order chi connectivity index (χ0) is 27.8. The summed E-state index contributed by atoms with van der Waals surface area (Å²) in [5.74, 6) is -0.687. The number of anilines is 1. The van der Waals surface area contributed by atoms with E-state index in [1.807, 2.05) is 13.8 Å². The van der Waals surface area contributed by atoms with Crippen LogP contribution in [0.5, 0.6) is 0 Å². The fraction of sp³-hybridized carbons (Fsp3) is 0.333. The minimum Gasteiger partial charge on any atom is -0.858 e. The molecule has 0 bridgehead atoms. The quantitative estimate of drug-likeness (QED) is 0.224. The van der Waals surface area contributed by atoms with E-state index in [1.165, 1.54) is 60.6 Å². The molecule has 1 fully saturated rings. The summed E-state index contributed by atoms with van der Waals surface area (Å²) in [6, 6.07) is 9.60. The third-order valence-electron chi connectivity index (χ3n) is 5.78. The first-order chi connectivity index (χ1) is 17.8. The summed E-state index contributed by atoms with van der Waals surface area (Å²) < 4.78 is 66.4. The van der Waals surface area contributed by atoms with Gasteiger partial charge in [0.2, 0.25) is 10.0 Å². The molecule has 1 N–H and O–H groups in total. The molecular formula is C24H26ClN4NaO7S2. The van der Waals surface area contributed by atoms with Crippen LogP contribution in [0.1, 0.15) is 30.9 Å². The van der Waals surface area contributed by atoms with Crippen LogP contribution >= 0.6 is 11.6 Å². The molecule has 39 heavy (non-hydrogen) atoms. The molecule has 1 aliphatic rings. The van der Waals surface area contributed by atoms with Crippen LogP contribution in [0.2, 0.25) is 5.02 Å². The van der Waals surface area contributed by atoms with E-state index in [0.29, 0.717) is 0 Å². The van der Waals surface area contributed by atoms with Crippen LogP contribution in [0.3, 0.4) is 0 Å². The second-order valence-electron chi connectivity index (χ2n) is 8.94. The van der Waals surface area contributed by atoms with Crippen molar-refractivity contribution in [2.45, 2.75) is 49.7 Å². The number of benzene rings is 2. The standard InChI is InChI=1S/C24H27ClN4O7S2.Na/c1-14-12-29(13-15(2)35-14)38(33,34)20-8-6-19(7-9-20)26-24(30)21-11-18(25)5-10-22(21)28-37(31,32)23-16(3)27-36-17(23)4;/h5-11,14-15,28H,12-13H2,1-4H3,(H,26,30);/q;+1/p-1. The van der Waals surface area contributed by atoms with Crippen molar-refractivity contribution >= 4 is 48.9 Å². The van der Waals surface area contributed by atoms with Crippen LogP contribution in [-0.2, 0) is 24.8 Å². The summed E-state index contributed by atoms with van der Waals surface area (Å²) in [4.78, 5) is 3.95. The zero-order valence-corrected chi connectivity index (χ0v) is 26.4. The number of morpholine rings is 1. The second kappa shape index (κ2) is 12.3. The molecule has 2 atom stereocenters. The Labute approximate surface area is 254 Å². The Morgan fingerprint density at radius 3 is 2.26 bits per heavy atom. The molecule has 1 aromatic heterocycles. The van der Waals surface area contributed by atoms with Crippen LogP contribution in [-0.4, -0.2) is 57.5 Å². The summed E-state index contributed by atoms with van der Waals surface area (Å²) in [6.07, 6.45) is -0.468. The van der Waals surface area contributed by atoms with Gasteiger partial charge in [0.25, 0.3) is 10.0 Å². The van der Waals surface area contributed by atoms with Gasteiger partial charge in [0.1, 0.15) is 5.69 Å². The molecular weight excluding hydrogens is 579 g/mol. The summed E-state index contributed by atoms with van der Waals surface area (Å²) in [5, 5.41) is 16.9. The monoisotopic (exact) mass is 604 g/mol. The number of nitrogens with zero attached hydrogens (tertiary/aromatic N) is 3. The van der Waals surface area contributed by atoms with Gasteiger partial charge >= 0.3 is 29.6 Å². The zero-order valence-electron chi connectivity index (χ0n) is 22.0. The maximum atomic E-state index is 13.1. The van der Waals surface area contributed by atoms with E-state index in [0.717, 1.165) is 0 Å². The average Bonchev–Trinajstić information content (AvgIpc) is 3.18. The Bertz CT molecular complexity index is 1560. The van der Waals surface area contributed by atoms with Crippen molar-refractivity contribution in [3.63, 3.8) is 0 Å². The third kappa shape index (κ3) is 7.03. The van der Waals surface area contributed by atoms with Gasteiger partial charge in [0, 0.05) is 23.7 Å². The molecule has 0 aliphatic carbocycles. The summed E-state index contributed by atoms with van der Waals surface area (Å²) in [5.41, 5.74) is 0.202. The molecule has 0 spiro atoms. The van der Waals surface area contributed by atoms with Gasteiger partial charge in [-0.15, -0.1) is 0 Å². The molecule has 15 heteroatoms. The molecule has 1 aliphatic heterocycles. The average molecular weight is 605 g/mol. The van der Waals surface area contributed by atoms with Crippen molar-refractivity contribution in [3.05, 3.63) is 64.5 Å². The number of hydrogen-bond acceptors (Lipinski definition) is 9. The van der Waals surface area contributed by atoms with Gasteiger partial charge in [-0.2, -0.15) is 4.31 Å². The second-order valence-corrected chi connectivity index (χ2v) is 12.9. The van der Waals surface area contributed by atoms with Crippen molar-refractivity contribution in [2.75, 3.05) is 17.8 Å². The third-order valence-corrected chi connectivity index (χ3v) is 9.47. The molecule has 0 amide bonds. The normalized spacial score (nSPS) is 18.9. The summed E-state index contributed by atoms with van der Waals surface area (Å²) in [7, 11) is -7.90. The van der Waals surface area contributed by atoms with Crippen LogP contribution in [0, 0.1) is 13.8 Å². The maximum Gasteiger partial charge on any atom is 1.00 e. The van der Waals surface area contributed by atoms with Crippen molar-refractivity contribution in [1.82, 2.24) is 9.46 Å². The molecule has 204 valence electrons. The van der Waals surface area contributed by atoms with Gasteiger partial charge in [-0.05, 0) is 76.1 Å². The first-order valence-corrected chi connectivity index (χ1v) is 14.8. The molecule has 4 rings (SSSR count). The Balaban J connectivity index is 0.00000420. The molecule has 0 radical (unpaired) electrons.